The first-order valence-corrected chi connectivity index (χ1v) is 9.67. The molecule has 2 aromatic carbocycles. The van der Waals surface area contributed by atoms with Gasteiger partial charge in [-0.3, -0.25) is 9.59 Å². The Morgan fingerprint density at radius 2 is 1.89 bits per heavy atom. The Hall–Kier alpha value is -2.46. The molecule has 0 spiro atoms. The molecule has 0 saturated carbocycles. The Bertz CT molecular complexity index is 1060. The fraction of sp³-hybridized carbons (Fsp3) is 0.217. The number of alkyl halides is 1. The molecule has 0 bridgehead atoms. The zero-order valence-electron chi connectivity index (χ0n) is 14.9. The molecule has 4 heteroatoms. The Labute approximate surface area is 166 Å². The number of phenols is 1. The quantitative estimate of drug-likeness (QED) is 0.693. The molecule has 0 saturated heterocycles. The number of benzene rings is 2. The highest BCUT2D eigenvalue weighted by molar-refractivity contribution is 9.10. The van der Waals surface area contributed by atoms with Gasteiger partial charge >= 0.3 is 0 Å². The van der Waals surface area contributed by atoms with E-state index in [4.69, 9.17) is 0 Å². The molecule has 3 nitrogen and oxygen atoms in total. The van der Waals surface area contributed by atoms with Gasteiger partial charge in [0.1, 0.15) is 10.1 Å². The summed E-state index contributed by atoms with van der Waals surface area (Å²) in [6.45, 7) is 5.63. The lowest BCUT2D eigenvalue weighted by molar-refractivity contribution is -0.128. The molecular formula is C23H19BrO3. The summed E-state index contributed by atoms with van der Waals surface area (Å²) in [5, 5.41) is 11.9. The third kappa shape index (κ3) is 2.47. The van der Waals surface area contributed by atoms with E-state index in [2.05, 4.69) is 22.5 Å². The molecule has 0 unspecified atom stereocenters. The van der Waals surface area contributed by atoms with Crippen molar-refractivity contribution in [1.29, 1.82) is 0 Å². The number of aromatic hydroxyl groups is 1. The molecule has 0 heterocycles. The van der Waals surface area contributed by atoms with Gasteiger partial charge in [0, 0.05) is 17.2 Å². The molecule has 27 heavy (non-hydrogen) atoms. The summed E-state index contributed by atoms with van der Waals surface area (Å²) in [4.78, 5) is 26.0. The van der Waals surface area contributed by atoms with Crippen LogP contribution in [0.5, 0.6) is 5.75 Å². The van der Waals surface area contributed by atoms with E-state index < -0.39 is 10.2 Å². The van der Waals surface area contributed by atoms with Gasteiger partial charge in [0.2, 0.25) is 0 Å². The smallest absolute Gasteiger partial charge is 0.177 e. The summed E-state index contributed by atoms with van der Waals surface area (Å²) in [6.07, 6.45) is 5.72. The molecule has 0 aliphatic heterocycles. The summed E-state index contributed by atoms with van der Waals surface area (Å²) in [7, 11) is 0. The number of carbonyl (C=O) groups excluding carboxylic acids is 2. The number of rotatable bonds is 2. The third-order valence-corrected chi connectivity index (χ3v) is 7.11. The van der Waals surface area contributed by atoms with Gasteiger partial charge in [-0.2, -0.15) is 0 Å². The van der Waals surface area contributed by atoms with E-state index in [-0.39, 0.29) is 23.2 Å². The van der Waals surface area contributed by atoms with Crippen molar-refractivity contribution < 1.29 is 14.7 Å². The first kappa shape index (κ1) is 17.9. The second-order valence-corrected chi connectivity index (χ2v) is 8.49. The van der Waals surface area contributed by atoms with E-state index >= 15 is 0 Å². The Balaban J connectivity index is 2.04. The highest BCUT2D eigenvalue weighted by Gasteiger charge is 2.56. The van der Waals surface area contributed by atoms with E-state index in [1.807, 2.05) is 36.4 Å². The van der Waals surface area contributed by atoms with E-state index in [9.17, 15) is 14.7 Å². The predicted octanol–water partition coefficient (Wildman–Crippen LogP) is 4.99. The number of hydrogen-bond acceptors (Lipinski definition) is 3. The summed E-state index contributed by atoms with van der Waals surface area (Å²) in [6, 6.07) is 11.1. The molecule has 0 amide bonds. The van der Waals surface area contributed by atoms with Crippen LogP contribution in [0.1, 0.15) is 24.8 Å². The molecule has 136 valence electrons. The maximum Gasteiger partial charge on any atom is 0.177 e. The van der Waals surface area contributed by atoms with Gasteiger partial charge < -0.3 is 5.11 Å². The average molecular weight is 423 g/mol. The van der Waals surface area contributed by atoms with Crippen molar-refractivity contribution >= 4 is 38.3 Å². The van der Waals surface area contributed by atoms with Crippen LogP contribution in [-0.4, -0.2) is 21.0 Å². The number of halogens is 1. The number of fused-ring (bicyclic) bond motifs is 2. The normalized spacial score (nSPS) is 27.8. The minimum absolute atomic E-state index is 0.0311. The fourth-order valence-electron chi connectivity index (χ4n) is 4.45. The van der Waals surface area contributed by atoms with Gasteiger partial charge in [0.15, 0.2) is 11.6 Å². The molecule has 2 aliphatic carbocycles. The van der Waals surface area contributed by atoms with Gasteiger partial charge in [0.05, 0.1) is 0 Å². The van der Waals surface area contributed by atoms with Crippen LogP contribution in [0.15, 0.2) is 72.4 Å². The van der Waals surface area contributed by atoms with Crippen LogP contribution in [0.3, 0.4) is 0 Å². The van der Waals surface area contributed by atoms with Crippen LogP contribution in [0.2, 0.25) is 0 Å². The molecule has 3 atom stereocenters. The lowest BCUT2D eigenvalue weighted by Crippen LogP contribution is -2.53. The molecule has 4 rings (SSSR count). The molecule has 2 aliphatic rings. The highest BCUT2D eigenvalue weighted by Crippen LogP contribution is 2.55. The lowest BCUT2D eigenvalue weighted by atomic mass is 9.62. The van der Waals surface area contributed by atoms with Gasteiger partial charge in [-0.1, -0.05) is 65.0 Å². The van der Waals surface area contributed by atoms with E-state index in [0.717, 1.165) is 21.9 Å². The molecule has 0 fully saturated rings. The zero-order chi connectivity index (χ0) is 19.3. The minimum Gasteiger partial charge on any atom is -0.507 e. The first-order valence-electron chi connectivity index (χ1n) is 8.88. The monoisotopic (exact) mass is 422 g/mol. The Kier molecular flexibility index (Phi) is 4.19. The van der Waals surface area contributed by atoms with Crippen molar-refractivity contribution in [3.8, 4) is 5.75 Å². The molecule has 1 N–H and O–H groups in total. The number of phenolic OH excluding ortho intramolecular Hbond substituents is 1. The third-order valence-electron chi connectivity index (χ3n) is 5.74. The first-order chi connectivity index (χ1) is 12.9. The van der Waals surface area contributed by atoms with Crippen molar-refractivity contribution in [1.82, 2.24) is 0 Å². The largest absolute Gasteiger partial charge is 0.507 e. The fourth-order valence-corrected chi connectivity index (χ4v) is 5.68. The summed E-state index contributed by atoms with van der Waals surface area (Å²) in [5.74, 6) is -0.746. The average Bonchev–Trinajstić information content (AvgIpc) is 2.67. The summed E-state index contributed by atoms with van der Waals surface area (Å²) >= 11 is 3.75. The molecule has 2 aromatic rings. The highest BCUT2D eigenvalue weighted by atomic mass is 79.9. The standard InChI is InChI=1S/C23H19BrO3/c1-3-14-8-10-18-20(26)12-13(2)22(27)23(18,24)21(14)17-9-11-19(25)16-7-5-4-6-15(16)17/h3-9,11-12,18,21,25H,1,10H2,2H3/t18-,21+,23-/m0/s1. The Morgan fingerprint density at radius 3 is 2.59 bits per heavy atom. The van der Waals surface area contributed by atoms with Crippen LogP contribution in [0.25, 0.3) is 10.8 Å². The van der Waals surface area contributed by atoms with Gasteiger partial charge in [0.25, 0.3) is 0 Å². The second kappa shape index (κ2) is 6.31. The van der Waals surface area contributed by atoms with E-state index in [0.29, 0.717) is 12.0 Å². The van der Waals surface area contributed by atoms with Crippen LogP contribution >= 0.6 is 15.9 Å². The number of carbonyl (C=O) groups is 2. The lowest BCUT2D eigenvalue weighted by Gasteiger charge is -2.45. The van der Waals surface area contributed by atoms with Crippen molar-refractivity contribution in [3.63, 3.8) is 0 Å². The van der Waals surface area contributed by atoms with Gasteiger partial charge in [-0.25, -0.2) is 0 Å². The minimum atomic E-state index is -1.05. The maximum atomic E-state index is 13.3. The number of ketones is 2. The van der Waals surface area contributed by atoms with E-state index in [1.54, 1.807) is 19.1 Å². The topological polar surface area (TPSA) is 54.4 Å². The zero-order valence-corrected chi connectivity index (χ0v) is 16.5. The maximum absolute atomic E-state index is 13.3. The number of hydrogen-bond donors (Lipinski definition) is 1. The van der Waals surface area contributed by atoms with Crippen LogP contribution in [0, 0.1) is 5.92 Å². The summed E-state index contributed by atoms with van der Waals surface area (Å²) in [5.41, 5.74) is 2.27. The van der Waals surface area contributed by atoms with E-state index in [1.165, 1.54) is 6.08 Å². The molecule has 0 radical (unpaired) electrons. The van der Waals surface area contributed by atoms with Gasteiger partial charge in [-0.05, 0) is 47.6 Å². The van der Waals surface area contributed by atoms with Crippen LogP contribution in [0.4, 0.5) is 0 Å². The second-order valence-electron chi connectivity index (χ2n) is 7.18. The predicted molar refractivity (Wildman–Crippen MR) is 110 cm³/mol. The SMILES string of the molecule is C=CC1=CC[C@H]2C(=O)C=C(C)C(=O)[C@@]2(Br)[C@H]1c1ccc(O)c2ccccc12. The number of Topliss-reactive ketones (excluding diaryl/α,β-unsaturated/α-hetero) is 1. The van der Waals surface area contributed by atoms with Crippen molar-refractivity contribution in [3.05, 3.63) is 77.9 Å². The van der Waals surface area contributed by atoms with Gasteiger partial charge in [-0.15, -0.1) is 0 Å². The summed E-state index contributed by atoms with van der Waals surface area (Å²) < 4.78 is -1.05. The van der Waals surface area contributed by atoms with Crippen LogP contribution < -0.4 is 0 Å². The molecular weight excluding hydrogens is 404 g/mol. The number of allylic oxidation sites excluding steroid dienone is 5. The van der Waals surface area contributed by atoms with Crippen molar-refractivity contribution in [2.75, 3.05) is 0 Å². The van der Waals surface area contributed by atoms with Crippen molar-refractivity contribution in [2.45, 2.75) is 23.6 Å². The van der Waals surface area contributed by atoms with Crippen LogP contribution in [-0.2, 0) is 9.59 Å². The molecule has 0 aromatic heterocycles. The Morgan fingerprint density at radius 1 is 1.19 bits per heavy atom. The van der Waals surface area contributed by atoms with Crippen molar-refractivity contribution in [2.24, 2.45) is 5.92 Å².